The number of carbonyl (C=O) groups excluding carboxylic acids is 2. The molecule has 1 aliphatic rings. The average Bonchev–Trinajstić information content (AvgIpc) is 3.03. The molecular formula is C25H28N2O2. The lowest BCUT2D eigenvalue weighted by molar-refractivity contribution is 0.0719. The smallest absolute Gasteiger partial charge is 0.253 e. The molecule has 1 fully saturated rings. The van der Waals surface area contributed by atoms with Crippen molar-refractivity contribution in [3.63, 3.8) is 0 Å². The van der Waals surface area contributed by atoms with Crippen LogP contribution in [0.15, 0.2) is 61.2 Å². The molecule has 0 radical (unpaired) electrons. The number of hydrogen-bond donors (Lipinski definition) is 0. The molecule has 0 saturated carbocycles. The fraction of sp³-hybridized carbons (Fsp3) is 0.280. The van der Waals surface area contributed by atoms with Gasteiger partial charge in [0.05, 0.1) is 0 Å². The van der Waals surface area contributed by atoms with Gasteiger partial charge in [-0.2, -0.15) is 0 Å². The van der Waals surface area contributed by atoms with Crippen LogP contribution in [0, 0.1) is 0 Å². The highest BCUT2D eigenvalue weighted by atomic mass is 16.2. The van der Waals surface area contributed by atoms with Crippen LogP contribution in [-0.2, 0) is 0 Å². The molecule has 0 aromatic heterocycles. The maximum absolute atomic E-state index is 13.1. The lowest BCUT2D eigenvalue weighted by atomic mass is 10.0. The van der Waals surface area contributed by atoms with Gasteiger partial charge in [-0.05, 0) is 48.2 Å². The number of carbonyl (C=O) groups is 2. The first kappa shape index (κ1) is 20.6. The molecule has 0 atom stereocenters. The molecule has 1 aliphatic heterocycles. The molecule has 150 valence electrons. The molecule has 3 rings (SSSR count). The van der Waals surface area contributed by atoms with Crippen LogP contribution in [0.3, 0.4) is 0 Å². The van der Waals surface area contributed by atoms with E-state index in [0.29, 0.717) is 37.3 Å². The Labute approximate surface area is 173 Å². The van der Waals surface area contributed by atoms with Gasteiger partial charge < -0.3 is 9.80 Å². The van der Waals surface area contributed by atoms with Crippen LogP contribution in [0.25, 0.3) is 12.2 Å². The van der Waals surface area contributed by atoms with Gasteiger partial charge in [0, 0.05) is 37.3 Å². The van der Waals surface area contributed by atoms with Crippen molar-refractivity contribution < 1.29 is 9.59 Å². The minimum atomic E-state index is 0.00753. The van der Waals surface area contributed by atoms with Gasteiger partial charge in [-0.15, -0.1) is 0 Å². The van der Waals surface area contributed by atoms with Crippen LogP contribution in [0.2, 0.25) is 0 Å². The van der Waals surface area contributed by atoms with Crippen molar-refractivity contribution in [2.24, 2.45) is 0 Å². The van der Waals surface area contributed by atoms with Gasteiger partial charge in [0.15, 0.2) is 0 Å². The lowest BCUT2D eigenvalue weighted by Gasteiger charge is -2.22. The number of amides is 2. The summed E-state index contributed by atoms with van der Waals surface area (Å²) in [4.78, 5) is 29.5. The number of rotatable bonds is 5. The lowest BCUT2D eigenvalue weighted by Crippen LogP contribution is -2.37. The summed E-state index contributed by atoms with van der Waals surface area (Å²) in [6, 6.07) is 15.1. The van der Waals surface area contributed by atoms with Crippen molar-refractivity contribution in [1.82, 2.24) is 9.80 Å². The quantitative estimate of drug-likeness (QED) is 0.742. The molecule has 4 heteroatoms. The molecule has 0 spiro atoms. The monoisotopic (exact) mass is 388 g/mol. The van der Waals surface area contributed by atoms with Crippen molar-refractivity contribution in [2.45, 2.75) is 19.8 Å². The third kappa shape index (κ3) is 5.02. The summed E-state index contributed by atoms with van der Waals surface area (Å²) in [6.45, 7) is 8.37. The number of nitrogens with zero attached hydrogens (tertiary/aromatic N) is 2. The Morgan fingerprint density at radius 1 is 0.897 bits per heavy atom. The van der Waals surface area contributed by atoms with E-state index in [2.05, 4.69) is 25.7 Å². The van der Waals surface area contributed by atoms with Gasteiger partial charge in [-0.1, -0.05) is 56.0 Å². The van der Waals surface area contributed by atoms with Crippen molar-refractivity contribution in [3.8, 4) is 0 Å². The maximum Gasteiger partial charge on any atom is 0.253 e. The SMILES string of the molecule is C=Cc1cc(C(=O)N2CCCN(C(=O)c3ccccc3)CC2)ccc1/C=C\CC. The fourth-order valence-corrected chi connectivity index (χ4v) is 3.55. The second-order valence-corrected chi connectivity index (χ2v) is 7.16. The first-order valence-electron chi connectivity index (χ1n) is 10.2. The topological polar surface area (TPSA) is 40.6 Å². The summed E-state index contributed by atoms with van der Waals surface area (Å²) in [5, 5.41) is 0. The van der Waals surface area contributed by atoms with Crippen LogP contribution >= 0.6 is 0 Å². The molecule has 0 aliphatic carbocycles. The van der Waals surface area contributed by atoms with Gasteiger partial charge in [-0.3, -0.25) is 9.59 Å². The zero-order chi connectivity index (χ0) is 20.6. The molecule has 1 saturated heterocycles. The minimum Gasteiger partial charge on any atom is -0.337 e. The van der Waals surface area contributed by atoms with Crippen LogP contribution in [-0.4, -0.2) is 47.8 Å². The van der Waals surface area contributed by atoms with Crippen molar-refractivity contribution in [2.75, 3.05) is 26.2 Å². The normalized spacial score (nSPS) is 14.7. The van der Waals surface area contributed by atoms with Crippen molar-refractivity contribution in [3.05, 3.63) is 83.4 Å². The van der Waals surface area contributed by atoms with E-state index in [-0.39, 0.29) is 11.8 Å². The van der Waals surface area contributed by atoms with Gasteiger partial charge >= 0.3 is 0 Å². The Kier molecular flexibility index (Phi) is 7.01. The molecule has 0 N–H and O–H groups in total. The van der Waals surface area contributed by atoms with E-state index in [1.807, 2.05) is 58.3 Å². The molecule has 0 unspecified atom stereocenters. The predicted molar refractivity (Wildman–Crippen MR) is 119 cm³/mol. The first-order valence-corrected chi connectivity index (χ1v) is 10.2. The Morgan fingerprint density at radius 3 is 2.17 bits per heavy atom. The van der Waals surface area contributed by atoms with Gasteiger partial charge in [0.25, 0.3) is 11.8 Å². The largest absolute Gasteiger partial charge is 0.337 e. The van der Waals surface area contributed by atoms with Crippen molar-refractivity contribution in [1.29, 1.82) is 0 Å². The number of hydrogen-bond acceptors (Lipinski definition) is 2. The van der Waals surface area contributed by atoms with Crippen LogP contribution in [0.4, 0.5) is 0 Å². The van der Waals surface area contributed by atoms with E-state index in [9.17, 15) is 9.59 Å². The van der Waals surface area contributed by atoms with Gasteiger partial charge in [-0.25, -0.2) is 0 Å². The highest BCUT2D eigenvalue weighted by Crippen LogP contribution is 2.18. The Bertz CT molecular complexity index is 902. The molecular weight excluding hydrogens is 360 g/mol. The zero-order valence-corrected chi connectivity index (χ0v) is 17.0. The Balaban J connectivity index is 1.70. The summed E-state index contributed by atoms with van der Waals surface area (Å²) in [7, 11) is 0. The summed E-state index contributed by atoms with van der Waals surface area (Å²) in [5.41, 5.74) is 3.38. The summed E-state index contributed by atoms with van der Waals surface area (Å²) < 4.78 is 0. The Hall–Kier alpha value is -3.14. The molecule has 29 heavy (non-hydrogen) atoms. The van der Waals surface area contributed by atoms with Gasteiger partial charge in [0.1, 0.15) is 0 Å². The predicted octanol–water partition coefficient (Wildman–Crippen LogP) is 4.74. The molecule has 2 aromatic carbocycles. The van der Waals surface area contributed by atoms with Crippen LogP contribution < -0.4 is 0 Å². The third-order valence-corrected chi connectivity index (χ3v) is 5.18. The summed E-state index contributed by atoms with van der Waals surface area (Å²) in [5.74, 6) is 0.0361. The molecule has 2 amide bonds. The second kappa shape index (κ2) is 9.87. The maximum atomic E-state index is 13.1. The first-order chi connectivity index (χ1) is 14.1. The summed E-state index contributed by atoms with van der Waals surface area (Å²) in [6.07, 6.45) is 7.68. The molecule has 2 aromatic rings. The highest BCUT2D eigenvalue weighted by Gasteiger charge is 2.23. The van der Waals surface area contributed by atoms with E-state index >= 15 is 0 Å². The second-order valence-electron chi connectivity index (χ2n) is 7.16. The zero-order valence-electron chi connectivity index (χ0n) is 17.0. The molecule has 0 bridgehead atoms. The van der Waals surface area contributed by atoms with Gasteiger partial charge in [0.2, 0.25) is 0 Å². The van der Waals surface area contributed by atoms with E-state index in [0.717, 1.165) is 24.0 Å². The highest BCUT2D eigenvalue weighted by molar-refractivity contribution is 5.96. The number of benzene rings is 2. The third-order valence-electron chi connectivity index (χ3n) is 5.18. The standard InChI is InChI=1S/C25H28N2O2/c1-3-5-10-21-13-14-23(19-20(21)4-2)25(29)27-16-9-15-26(17-18-27)24(28)22-11-7-6-8-12-22/h4-8,10-14,19H,2-3,9,15-18H2,1H3/b10-5-. The fourth-order valence-electron chi connectivity index (χ4n) is 3.55. The van der Waals surface area contributed by atoms with Crippen LogP contribution in [0.5, 0.6) is 0 Å². The summed E-state index contributed by atoms with van der Waals surface area (Å²) >= 11 is 0. The van der Waals surface area contributed by atoms with Crippen molar-refractivity contribution >= 4 is 24.0 Å². The number of allylic oxidation sites excluding steroid dienone is 1. The van der Waals surface area contributed by atoms with E-state index in [1.165, 1.54) is 0 Å². The van der Waals surface area contributed by atoms with Crippen LogP contribution in [0.1, 0.15) is 51.6 Å². The van der Waals surface area contributed by atoms with E-state index in [1.54, 1.807) is 6.08 Å². The molecule has 1 heterocycles. The molecule has 4 nitrogen and oxygen atoms in total. The van der Waals surface area contributed by atoms with E-state index in [4.69, 9.17) is 0 Å². The minimum absolute atomic E-state index is 0.00753. The van der Waals surface area contributed by atoms with E-state index < -0.39 is 0 Å². The average molecular weight is 389 g/mol. The Morgan fingerprint density at radius 2 is 1.55 bits per heavy atom.